The smallest absolute Gasteiger partial charge is 0.274 e. The van der Waals surface area contributed by atoms with Gasteiger partial charge in [0.05, 0.1) is 6.10 Å². The molecule has 1 aliphatic rings. The molecule has 1 unspecified atom stereocenters. The van der Waals surface area contributed by atoms with Gasteiger partial charge in [-0.05, 0) is 60.2 Å². The molecule has 2 N–H and O–H groups in total. The lowest BCUT2D eigenvalue weighted by Gasteiger charge is -2.18. The highest BCUT2D eigenvalue weighted by atomic mass is 16.5. The van der Waals surface area contributed by atoms with Gasteiger partial charge in [-0.1, -0.05) is 32.9 Å². The minimum Gasteiger partial charge on any atom is -0.435 e. The molecule has 4 rings (SSSR count). The molecule has 2 heterocycles. The molecular formula is C27H31N3O4. The number of oxazole rings is 1. The quantitative estimate of drug-likeness (QED) is 0.528. The Balaban J connectivity index is 1.65. The third-order valence-electron chi connectivity index (χ3n) is 5.82. The molecule has 1 fully saturated rings. The number of nitrogens with zero attached hydrogens (tertiary/aromatic N) is 1. The molecule has 1 saturated heterocycles. The number of hydrogen-bond donors (Lipinski definition) is 2. The van der Waals surface area contributed by atoms with Crippen molar-refractivity contribution >= 4 is 17.5 Å². The van der Waals surface area contributed by atoms with Crippen molar-refractivity contribution in [2.75, 3.05) is 18.5 Å². The first kappa shape index (κ1) is 23.7. The van der Waals surface area contributed by atoms with Crippen LogP contribution in [0.15, 0.2) is 52.9 Å². The van der Waals surface area contributed by atoms with Crippen molar-refractivity contribution in [2.24, 2.45) is 0 Å². The van der Waals surface area contributed by atoms with Gasteiger partial charge in [-0.3, -0.25) is 9.59 Å². The number of carbonyl (C=O) groups is 2. The lowest BCUT2D eigenvalue weighted by atomic mass is 9.87. The van der Waals surface area contributed by atoms with Gasteiger partial charge in [0, 0.05) is 36.9 Å². The maximum absolute atomic E-state index is 13.1. The summed E-state index contributed by atoms with van der Waals surface area (Å²) in [6, 6.07) is 15.2. The molecule has 1 atom stereocenters. The van der Waals surface area contributed by atoms with Gasteiger partial charge in [0.15, 0.2) is 11.5 Å². The summed E-state index contributed by atoms with van der Waals surface area (Å²) in [5.41, 5.74) is 3.61. The third-order valence-corrected chi connectivity index (χ3v) is 5.82. The first-order valence-corrected chi connectivity index (χ1v) is 11.6. The van der Waals surface area contributed by atoms with E-state index in [1.807, 2.05) is 12.1 Å². The predicted molar refractivity (Wildman–Crippen MR) is 132 cm³/mol. The van der Waals surface area contributed by atoms with Gasteiger partial charge in [-0.2, -0.15) is 0 Å². The average molecular weight is 462 g/mol. The van der Waals surface area contributed by atoms with Crippen molar-refractivity contribution in [3.8, 4) is 22.8 Å². The van der Waals surface area contributed by atoms with Gasteiger partial charge in [-0.15, -0.1) is 0 Å². The Hall–Kier alpha value is -3.45. The van der Waals surface area contributed by atoms with Crippen LogP contribution in [0.25, 0.3) is 22.8 Å². The summed E-state index contributed by atoms with van der Waals surface area (Å²) >= 11 is 0. The normalized spacial score (nSPS) is 15.8. The minimum atomic E-state index is -0.308. The van der Waals surface area contributed by atoms with E-state index >= 15 is 0 Å². The Morgan fingerprint density at radius 2 is 1.71 bits per heavy atom. The first-order valence-electron chi connectivity index (χ1n) is 11.6. The number of ether oxygens (including phenoxy) is 1. The van der Waals surface area contributed by atoms with Gasteiger partial charge in [0.2, 0.25) is 11.8 Å². The Labute approximate surface area is 199 Å². The Morgan fingerprint density at radius 3 is 2.29 bits per heavy atom. The highest BCUT2D eigenvalue weighted by molar-refractivity contribution is 5.98. The highest BCUT2D eigenvalue weighted by Crippen LogP contribution is 2.32. The van der Waals surface area contributed by atoms with E-state index in [0.29, 0.717) is 29.4 Å². The summed E-state index contributed by atoms with van der Waals surface area (Å²) in [6.45, 7) is 9.09. The molecule has 0 saturated carbocycles. The van der Waals surface area contributed by atoms with Gasteiger partial charge < -0.3 is 19.8 Å². The number of anilines is 1. The van der Waals surface area contributed by atoms with E-state index in [-0.39, 0.29) is 29.0 Å². The summed E-state index contributed by atoms with van der Waals surface area (Å²) in [5.74, 6) is 0.304. The molecule has 0 spiro atoms. The molecule has 1 aliphatic heterocycles. The van der Waals surface area contributed by atoms with E-state index in [1.165, 1.54) is 12.5 Å². The number of benzene rings is 2. The molecule has 2 amide bonds. The lowest BCUT2D eigenvalue weighted by molar-refractivity contribution is -0.114. The zero-order valence-electron chi connectivity index (χ0n) is 20.1. The van der Waals surface area contributed by atoms with E-state index in [2.05, 4.69) is 48.5 Å². The standard InChI is InChI=1S/C27H31N3O4/c1-17(31)29-21-13-9-18(10-14-21)24-23(25(32)28-16-22-6-5-15-33-22)30-26(34-24)19-7-11-20(12-8-19)27(2,3)4/h7-14,22H,5-6,15-16H2,1-4H3,(H,28,32)(H,29,31). The van der Waals surface area contributed by atoms with Crippen molar-refractivity contribution in [3.63, 3.8) is 0 Å². The fourth-order valence-electron chi connectivity index (χ4n) is 3.91. The van der Waals surface area contributed by atoms with Crippen LogP contribution in [0, 0.1) is 0 Å². The predicted octanol–water partition coefficient (Wildman–Crippen LogP) is 5.17. The van der Waals surface area contributed by atoms with Crippen LogP contribution < -0.4 is 10.6 Å². The molecule has 0 bridgehead atoms. The van der Waals surface area contributed by atoms with Crippen molar-refractivity contribution in [1.82, 2.24) is 10.3 Å². The van der Waals surface area contributed by atoms with E-state index in [1.54, 1.807) is 24.3 Å². The minimum absolute atomic E-state index is 0.0284. The van der Waals surface area contributed by atoms with Crippen LogP contribution in [-0.4, -0.2) is 36.1 Å². The molecule has 34 heavy (non-hydrogen) atoms. The van der Waals surface area contributed by atoms with Crippen molar-refractivity contribution in [3.05, 3.63) is 59.8 Å². The molecule has 1 aromatic heterocycles. The van der Waals surface area contributed by atoms with Crippen LogP contribution in [0.1, 0.15) is 56.6 Å². The molecule has 0 radical (unpaired) electrons. The van der Waals surface area contributed by atoms with Crippen molar-refractivity contribution in [1.29, 1.82) is 0 Å². The Bertz CT molecular complexity index is 1150. The van der Waals surface area contributed by atoms with Crippen LogP contribution >= 0.6 is 0 Å². The first-order chi connectivity index (χ1) is 16.2. The molecule has 3 aromatic rings. The lowest BCUT2D eigenvalue weighted by Crippen LogP contribution is -2.32. The summed E-state index contributed by atoms with van der Waals surface area (Å²) in [4.78, 5) is 29.0. The van der Waals surface area contributed by atoms with E-state index in [4.69, 9.17) is 9.15 Å². The fraction of sp³-hybridized carbons (Fsp3) is 0.370. The summed E-state index contributed by atoms with van der Waals surface area (Å²) in [5, 5.41) is 5.68. The van der Waals surface area contributed by atoms with Gasteiger partial charge in [0.1, 0.15) is 0 Å². The fourth-order valence-corrected chi connectivity index (χ4v) is 3.91. The number of hydrogen-bond acceptors (Lipinski definition) is 5. The molecule has 178 valence electrons. The zero-order valence-corrected chi connectivity index (χ0v) is 20.1. The molecule has 7 nitrogen and oxygen atoms in total. The van der Waals surface area contributed by atoms with Crippen LogP contribution in [-0.2, 0) is 14.9 Å². The second-order valence-electron chi connectivity index (χ2n) is 9.63. The number of amides is 2. The zero-order chi connectivity index (χ0) is 24.3. The Morgan fingerprint density at radius 1 is 1.03 bits per heavy atom. The maximum atomic E-state index is 13.1. The van der Waals surface area contributed by atoms with Gasteiger partial charge in [0.25, 0.3) is 5.91 Å². The second kappa shape index (κ2) is 9.81. The molecular weight excluding hydrogens is 430 g/mol. The topological polar surface area (TPSA) is 93.5 Å². The average Bonchev–Trinajstić information content (AvgIpc) is 3.47. The van der Waals surface area contributed by atoms with Crippen LogP contribution in [0.2, 0.25) is 0 Å². The largest absolute Gasteiger partial charge is 0.435 e. The summed E-state index contributed by atoms with van der Waals surface area (Å²) in [6.07, 6.45) is 1.97. The Kier molecular flexibility index (Phi) is 6.84. The van der Waals surface area contributed by atoms with Crippen LogP contribution in [0.4, 0.5) is 5.69 Å². The monoisotopic (exact) mass is 461 g/mol. The molecule has 7 heteroatoms. The van der Waals surface area contributed by atoms with E-state index in [0.717, 1.165) is 25.0 Å². The van der Waals surface area contributed by atoms with Crippen molar-refractivity contribution < 1.29 is 18.7 Å². The molecule has 2 aromatic carbocycles. The van der Waals surface area contributed by atoms with Crippen LogP contribution in [0.3, 0.4) is 0 Å². The number of carbonyl (C=O) groups excluding carboxylic acids is 2. The maximum Gasteiger partial charge on any atom is 0.274 e. The number of rotatable bonds is 6. The third kappa shape index (κ3) is 5.54. The van der Waals surface area contributed by atoms with Crippen LogP contribution in [0.5, 0.6) is 0 Å². The summed E-state index contributed by atoms with van der Waals surface area (Å²) in [7, 11) is 0. The molecule has 0 aliphatic carbocycles. The SMILES string of the molecule is CC(=O)Nc1ccc(-c2oc(-c3ccc(C(C)(C)C)cc3)nc2C(=O)NCC2CCCO2)cc1. The summed E-state index contributed by atoms with van der Waals surface area (Å²) < 4.78 is 11.8. The van der Waals surface area contributed by atoms with E-state index < -0.39 is 0 Å². The van der Waals surface area contributed by atoms with Gasteiger partial charge in [-0.25, -0.2) is 4.98 Å². The van der Waals surface area contributed by atoms with E-state index in [9.17, 15) is 9.59 Å². The second-order valence-corrected chi connectivity index (χ2v) is 9.63. The number of nitrogens with one attached hydrogen (secondary N) is 2. The van der Waals surface area contributed by atoms with Crippen molar-refractivity contribution in [2.45, 2.75) is 52.1 Å². The number of aromatic nitrogens is 1. The van der Waals surface area contributed by atoms with Gasteiger partial charge >= 0.3 is 0 Å². The highest BCUT2D eigenvalue weighted by Gasteiger charge is 2.24.